The number of carbonyl (C=O) groups is 1. The Labute approximate surface area is 86.0 Å². The van der Waals surface area contributed by atoms with Gasteiger partial charge in [0.1, 0.15) is 5.69 Å². The molecule has 1 aromatic heterocycles. The third kappa shape index (κ3) is 2.39. The highest BCUT2D eigenvalue weighted by atomic mass is 19.4. The standard InChI is InChI=1S/C7H3F3N4O2/c8-7(9,10)3-2-12-5(6(15)16)1-4(3)13-14-11/h1-2H,(H,15,16). The van der Waals surface area contributed by atoms with Crippen LogP contribution in [0.15, 0.2) is 17.4 Å². The van der Waals surface area contributed by atoms with Gasteiger partial charge in [-0.2, -0.15) is 13.2 Å². The van der Waals surface area contributed by atoms with Crippen LogP contribution in [0.25, 0.3) is 10.4 Å². The van der Waals surface area contributed by atoms with E-state index in [9.17, 15) is 18.0 Å². The van der Waals surface area contributed by atoms with E-state index in [4.69, 9.17) is 10.6 Å². The number of aromatic nitrogens is 1. The lowest BCUT2D eigenvalue weighted by Crippen LogP contribution is -2.08. The van der Waals surface area contributed by atoms with Crippen molar-refractivity contribution >= 4 is 11.7 Å². The summed E-state index contributed by atoms with van der Waals surface area (Å²) < 4.78 is 37.0. The molecule has 0 radical (unpaired) electrons. The maximum atomic E-state index is 12.3. The lowest BCUT2D eigenvalue weighted by Gasteiger charge is -2.08. The van der Waals surface area contributed by atoms with E-state index >= 15 is 0 Å². The Morgan fingerprint density at radius 1 is 1.56 bits per heavy atom. The molecular formula is C7H3F3N4O2. The van der Waals surface area contributed by atoms with Crippen molar-refractivity contribution < 1.29 is 23.1 Å². The molecule has 1 heterocycles. The van der Waals surface area contributed by atoms with Crippen LogP contribution in [0.4, 0.5) is 18.9 Å². The molecule has 0 saturated carbocycles. The van der Waals surface area contributed by atoms with E-state index in [-0.39, 0.29) is 0 Å². The Kier molecular flexibility index (Phi) is 3.00. The van der Waals surface area contributed by atoms with Crippen LogP contribution in [0.5, 0.6) is 0 Å². The summed E-state index contributed by atoms with van der Waals surface area (Å²) in [7, 11) is 0. The molecule has 0 spiro atoms. The van der Waals surface area contributed by atoms with Crippen LogP contribution >= 0.6 is 0 Å². The number of azide groups is 1. The van der Waals surface area contributed by atoms with Crippen LogP contribution in [-0.4, -0.2) is 16.1 Å². The Balaban J connectivity index is 3.42. The molecule has 6 nitrogen and oxygen atoms in total. The number of aromatic carboxylic acids is 1. The van der Waals surface area contributed by atoms with Crippen LogP contribution in [0, 0.1) is 0 Å². The predicted molar refractivity (Wildman–Crippen MR) is 45.0 cm³/mol. The normalized spacial score (nSPS) is 10.7. The number of carboxylic acids is 1. The lowest BCUT2D eigenvalue weighted by atomic mass is 10.2. The SMILES string of the molecule is [N-]=[N+]=Nc1cc(C(=O)O)ncc1C(F)(F)F. The van der Waals surface area contributed by atoms with Gasteiger partial charge in [-0.3, -0.25) is 0 Å². The van der Waals surface area contributed by atoms with E-state index in [0.717, 1.165) is 0 Å². The van der Waals surface area contributed by atoms with Gasteiger partial charge in [0.05, 0.1) is 11.3 Å². The Bertz CT molecular complexity index is 479. The summed E-state index contributed by atoms with van der Waals surface area (Å²) >= 11 is 0. The molecule has 0 atom stereocenters. The van der Waals surface area contributed by atoms with Gasteiger partial charge in [-0.1, -0.05) is 5.11 Å². The average Bonchev–Trinajstić information content (AvgIpc) is 2.16. The molecule has 1 N–H and O–H groups in total. The second kappa shape index (κ2) is 4.07. The molecule has 0 fully saturated rings. The van der Waals surface area contributed by atoms with Crippen LogP contribution in [0.3, 0.4) is 0 Å². The molecule has 9 heteroatoms. The number of hydrogen-bond donors (Lipinski definition) is 1. The van der Waals surface area contributed by atoms with Crippen molar-refractivity contribution in [3.8, 4) is 0 Å². The van der Waals surface area contributed by atoms with Gasteiger partial charge < -0.3 is 5.11 Å². The number of hydrogen-bond acceptors (Lipinski definition) is 3. The second-order valence-electron chi connectivity index (χ2n) is 2.58. The maximum Gasteiger partial charge on any atom is 0.418 e. The van der Waals surface area contributed by atoms with Crippen molar-refractivity contribution in [1.82, 2.24) is 4.98 Å². The second-order valence-corrected chi connectivity index (χ2v) is 2.58. The summed E-state index contributed by atoms with van der Waals surface area (Å²) in [5.74, 6) is -1.51. The summed E-state index contributed by atoms with van der Waals surface area (Å²) in [5, 5.41) is 11.3. The number of carboxylic acid groups (broad SMARTS) is 1. The Hall–Kier alpha value is -2.28. The highest BCUT2D eigenvalue weighted by molar-refractivity contribution is 5.86. The maximum absolute atomic E-state index is 12.3. The molecule has 0 amide bonds. The number of nitrogens with zero attached hydrogens (tertiary/aromatic N) is 4. The minimum atomic E-state index is -4.76. The molecule has 0 aliphatic rings. The molecule has 0 unspecified atom stereocenters. The van der Waals surface area contributed by atoms with Gasteiger partial charge >= 0.3 is 12.1 Å². The molecule has 0 saturated heterocycles. The van der Waals surface area contributed by atoms with Crippen molar-refractivity contribution in [3.63, 3.8) is 0 Å². The third-order valence-electron chi connectivity index (χ3n) is 1.56. The van der Waals surface area contributed by atoms with Crippen molar-refractivity contribution in [2.24, 2.45) is 5.11 Å². The molecule has 16 heavy (non-hydrogen) atoms. The van der Waals surface area contributed by atoms with Crippen molar-refractivity contribution in [2.45, 2.75) is 6.18 Å². The molecule has 0 aromatic carbocycles. The number of halogens is 3. The Morgan fingerprint density at radius 2 is 2.19 bits per heavy atom. The summed E-state index contributed by atoms with van der Waals surface area (Å²) in [6.07, 6.45) is -4.44. The summed E-state index contributed by atoms with van der Waals surface area (Å²) in [6, 6.07) is 0.560. The van der Waals surface area contributed by atoms with Gasteiger partial charge in [0.2, 0.25) is 0 Å². The highest BCUT2D eigenvalue weighted by Gasteiger charge is 2.34. The van der Waals surface area contributed by atoms with Crippen molar-refractivity contribution in [1.29, 1.82) is 0 Å². The topological polar surface area (TPSA) is 99.0 Å². The highest BCUT2D eigenvalue weighted by Crippen LogP contribution is 2.36. The number of rotatable bonds is 2. The van der Waals surface area contributed by atoms with E-state index in [0.29, 0.717) is 12.3 Å². The van der Waals surface area contributed by atoms with E-state index < -0.39 is 29.1 Å². The number of pyridine rings is 1. The van der Waals surface area contributed by atoms with Crippen LogP contribution in [-0.2, 0) is 6.18 Å². The van der Waals surface area contributed by atoms with Gasteiger partial charge in [-0.25, -0.2) is 9.78 Å². The zero-order valence-corrected chi connectivity index (χ0v) is 7.43. The summed E-state index contributed by atoms with van der Waals surface area (Å²) in [5.41, 5.74) is 5.33. The fraction of sp³-hybridized carbons (Fsp3) is 0.143. The fourth-order valence-corrected chi connectivity index (χ4v) is 0.911. The Morgan fingerprint density at radius 3 is 2.62 bits per heavy atom. The summed E-state index contributed by atoms with van der Waals surface area (Å²) in [4.78, 5) is 15.7. The largest absolute Gasteiger partial charge is 0.477 e. The third-order valence-corrected chi connectivity index (χ3v) is 1.56. The average molecular weight is 232 g/mol. The van der Waals surface area contributed by atoms with E-state index in [1.807, 2.05) is 0 Å². The molecule has 0 aliphatic carbocycles. The van der Waals surface area contributed by atoms with E-state index in [2.05, 4.69) is 15.0 Å². The van der Waals surface area contributed by atoms with Crippen LogP contribution in [0.2, 0.25) is 0 Å². The van der Waals surface area contributed by atoms with E-state index in [1.165, 1.54) is 0 Å². The zero-order chi connectivity index (χ0) is 12.3. The van der Waals surface area contributed by atoms with Crippen LogP contribution < -0.4 is 0 Å². The molecular weight excluding hydrogens is 229 g/mol. The first-order valence-corrected chi connectivity index (χ1v) is 3.72. The molecule has 0 bridgehead atoms. The first-order valence-electron chi connectivity index (χ1n) is 3.72. The molecule has 1 rings (SSSR count). The van der Waals surface area contributed by atoms with Gasteiger partial charge in [0.15, 0.2) is 0 Å². The first kappa shape index (κ1) is 11.8. The minimum Gasteiger partial charge on any atom is -0.477 e. The van der Waals surface area contributed by atoms with Gasteiger partial charge in [0, 0.05) is 11.1 Å². The molecule has 1 aromatic rings. The van der Waals surface area contributed by atoms with Gasteiger partial charge in [-0.05, 0) is 11.6 Å². The first-order chi connectivity index (χ1) is 7.36. The monoisotopic (exact) mass is 232 g/mol. The summed E-state index contributed by atoms with van der Waals surface area (Å²) in [6.45, 7) is 0. The smallest absolute Gasteiger partial charge is 0.418 e. The van der Waals surface area contributed by atoms with Crippen LogP contribution in [0.1, 0.15) is 16.1 Å². The van der Waals surface area contributed by atoms with Crippen molar-refractivity contribution in [2.75, 3.05) is 0 Å². The van der Waals surface area contributed by atoms with Crippen molar-refractivity contribution in [3.05, 3.63) is 34.0 Å². The predicted octanol–water partition coefficient (Wildman–Crippen LogP) is 2.74. The number of alkyl halides is 3. The van der Waals surface area contributed by atoms with Gasteiger partial charge in [0.25, 0.3) is 0 Å². The lowest BCUT2D eigenvalue weighted by molar-refractivity contribution is -0.137. The molecule has 0 aliphatic heterocycles. The minimum absolute atomic E-state index is 0.313. The fourth-order valence-electron chi connectivity index (χ4n) is 0.911. The zero-order valence-electron chi connectivity index (χ0n) is 7.43. The quantitative estimate of drug-likeness (QED) is 0.482. The molecule has 84 valence electrons. The van der Waals surface area contributed by atoms with E-state index in [1.54, 1.807) is 0 Å². The van der Waals surface area contributed by atoms with Gasteiger partial charge in [-0.15, -0.1) is 0 Å².